The van der Waals surface area contributed by atoms with Gasteiger partial charge in [-0.25, -0.2) is 4.39 Å². The lowest BCUT2D eigenvalue weighted by Crippen LogP contribution is -2.43. The zero-order valence-corrected chi connectivity index (χ0v) is 15.7. The first-order valence-corrected chi connectivity index (χ1v) is 8.88. The van der Waals surface area contributed by atoms with Gasteiger partial charge in [-0.2, -0.15) is 0 Å². The van der Waals surface area contributed by atoms with E-state index in [1.54, 1.807) is 18.3 Å². The minimum Gasteiger partial charge on any atom is -0.508 e. The van der Waals surface area contributed by atoms with Gasteiger partial charge in [-0.3, -0.25) is 0 Å². The normalized spacial score (nSPS) is 14.3. The number of rotatable bonds is 6. The average molecular weight is 372 g/mol. The smallest absolute Gasteiger partial charge is 0.156 e. The zero-order valence-electron chi connectivity index (χ0n) is 15.7. The number of aliphatic hydroxyl groups excluding tert-OH is 1. The molecule has 0 radical (unpaired) electrons. The topological polar surface area (TPSA) is 73.8 Å². The van der Waals surface area contributed by atoms with Crippen molar-refractivity contribution in [3.63, 3.8) is 0 Å². The van der Waals surface area contributed by atoms with E-state index in [-0.39, 0.29) is 23.7 Å². The second kappa shape index (κ2) is 7.58. The lowest BCUT2D eigenvalue weighted by atomic mass is 9.92. The van der Waals surface area contributed by atoms with Gasteiger partial charge < -0.3 is 25.6 Å². The summed E-state index contributed by atoms with van der Waals surface area (Å²) >= 11 is 0. The van der Waals surface area contributed by atoms with E-state index in [4.69, 9.17) is 4.74 Å². The van der Waals surface area contributed by atoms with Gasteiger partial charge in [0.25, 0.3) is 0 Å². The van der Waals surface area contributed by atoms with Crippen molar-refractivity contribution < 1.29 is 19.3 Å². The molecule has 2 aromatic rings. The number of hydrogen-bond acceptors (Lipinski definition) is 5. The van der Waals surface area contributed by atoms with Crippen molar-refractivity contribution in [2.24, 2.45) is 0 Å². The highest BCUT2D eigenvalue weighted by Crippen LogP contribution is 2.38. The molecule has 1 atom stereocenters. The lowest BCUT2D eigenvalue weighted by Gasteiger charge is -2.29. The first-order valence-electron chi connectivity index (χ1n) is 8.88. The van der Waals surface area contributed by atoms with Crippen LogP contribution in [0.5, 0.6) is 11.5 Å². The van der Waals surface area contributed by atoms with Crippen LogP contribution in [0.1, 0.15) is 36.6 Å². The predicted octanol–water partition coefficient (Wildman–Crippen LogP) is 3.76. The van der Waals surface area contributed by atoms with Crippen molar-refractivity contribution >= 4 is 5.69 Å². The van der Waals surface area contributed by atoms with Gasteiger partial charge in [0.05, 0.1) is 11.8 Å². The monoisotopic (exact) mass is 372 g/mol. The number of phenols is 1. The van der Waals surface area contributed by atoms with Crippen LogP contribution in [-0.4, -0.2) is 22.3 Å². The Morgan fingerprint density at radius 2 is 2.04 bits per heavy atom. The molecule has 0 saturated heterocycles. The van der Waals surface area contributed by atoms with Crippen molar-refractivity contribution in [3.05, 3.63) is 65.3 Å². The summed E-state index contributed by atoms with van der Waals surface area (Å²) in [4.78, 5) is 0. The molecule has 3 rings (SSSR count). The maximum atomic E-state index is 13.3. The van der Waals surface area contributed by atoms with Gasteiger partial charge in [0.2, 0.25) is 0 Å². The molecule has 0 aliphatic carbocycles. The van der Waals surface area contributed by atoms with E-state index in [2.05, 4.69) is 10.6 Å². The van der Waals surface area contributed by atoms with Crippen molar-refractivity contribution in [3.8, 4) is 11.5 Å². The minimum absolute atomic E-state index is 0.0513. The number of aliphatic hydroxyl groups is 1. The molecule has 5 nitrogen and oxygen atoms in total. The Labute approximate surface area is 158 Å². The fourth-order valence-corrected chi connectivity index (χ4v) is 3.23. The van der Waals surface area contributed by atoms with Gasteiger partial charge in [-0.1, -0.05) is 6.07 Å². The number of nitrogens with one attached hydrogen (secondary N) is 2. The molecule has 1 unspecified atom stereocenters. The van der Waals surface area contributed by atoms with Crippen molar-refractivity contribution in [1.82, 2.24) is 5.32 Å². The third kappa shape index (κ3) is 4.59. The molecule has 2 aromatic carbocycles. The van der Waals surface area contributed by atoms with Crippen LogP contribution in [0, 0.1) is 12.7 Å². The van der Waals surface area contributed by atoms with E-state index in [0.717, 1.165) is 11.1 Å². The second-order valence-electron chi connectivity index (χ2n) is 7.50. The van der Waals surface area contributed by atoms with E-state index in [0.29, 0.717) is 23.4 Å². The SMILES string of the molecule is Cc1cc(F)ccc1CC(C)(C)NCC(O)c1cc(O)cc2c1OC=CN2. The van der Waals surface area contributed by atoms with E-state index in [1.165, 1.54) is 24.5 Å². The highest BCUT2D eigenvalue weighted by atomic mass is 19.1. The summed E-state index contributed by atoms with van der Waals surface area (Å²) in [6, 6.07) is 7.83. The Morgan fingerprint density at radius 3 is 2.78 bits per heavy atom. The van der Waals surface area contributed by atoms with Crippen molar-refractivity contribution in [2.75, 3.05) is 11.9 Å². The number of aromatic hydroxyl groups is 1. The molecule has 0 saturated carbocycles. The molecule has 144 valence electrons. The van der Waals surface area contributed by atoms with E-state index in [1.807, 2.05) is 20.8 Å². The van der Waals surface area contributed by atoms with Crippen LogP contribution >= 0.6 is 0 Å². The quantitative estimate of drug-likeness (QED) is 0.621. The molecule has 1 heterocycles. The van der Waals surface area contributed by atoms with Gasteiger partial charge in [-0.15, -0.1) is 0 Å². The molecule has 4 N–H and O–H groups in total. The summed E-state index contributed by atoms with van der Waals surface area (Å²) < 4.78 is 18.8. The molecule has 0 bridgehead atoms. The molecule has 0 amide bonds. The molecule has 27 heavy (non-hydrogen) atoms. The summed E-state index contributed by atoms with van der Waals surface area (Å²) in [6.07, 6.45) is 2.92. The molecule has 0 fully saturated rings. The maximum absolute atomic E-state index is 13.3. The Bertz CT molecular complexity index is 865. The average Bonchev–Trinajstić information content (AvgIpc) is 2.61. The van der Waals surface area contributed by atoms with E-state index < -0.39 is 6.10 Å². The fraction of sp³-hybridized carbons (Fsp3) is 0.333. The molecule has 1 aliphatic rings. The van der Waals surface area contributed by atoms with Crippen LogP contribution in [0.4, 0.5) is 10.1 Å². The first-order chi connectivity index (χ1) is 12.7. The van der Waals surface area contributed by atoms with Gasteiger partial charge >= 0.3 is 0 Å². The van der Waals surface area contributed by atoms with Crippen LogP contribution in [0.15, 0.2) is 42.8 Å². The molecular formula is C21H25FN2O3. The standard InChI is InChI=1S/C21H25FN2O3/c1-13-8-15(22)5-4-14(13)11-21(2,3)24-12-19(26)17-9-16(25)10-18-20(17)27-7-6-23-18/h4-10,19,23-26H,11-12H2,1-3H3. The number of β-amino-alcohol motifs (C(OH)–C–C–N with tert-alkyl or cyclic N) is 1. The number of halogens is 1. The van der Waals surface area contributed by atoms with Crippen LogP contribution in [0.2, 0.25) is 0 Å². The maximum Gasteiger partial charge on any atom is 0.156 e. The molecular weight excluding hydrogens is 347 g/mol. The third-order valence-electron chi connectivity index (χ3n) is 4.67. The number of ether oxygens (including phenoxy) is 1. The molecule has 6 heteroatoms. The molecule has 1 aliphatic heterocycles. The van der Waals surface area contributed by atoms with Gasteiger partial charge in [0, 0.05) is 29.9 Å². The summed E-state index contributed by atoms with van der Waals surface area (Å²) in [6.45, 7) is 6.22. The largest absolute Gasteiger partial charge is 0.508 e. The molecule has 0 spiro atoms. The highest BCUT2D eigenvalue weighted by Gasteiger charge is 2.24. The first kappa shape index (κ1) is 19.2. The number of hydrogen-bond donors (Lipinski definition) is 4. The molecule has 0 aromatic heterocycles. The van der Waals surface area contributed by atoms with Crippen molar-refractivity contribution in [1.29, 1.82) is 0 Å². The number of fused-ring (bicyclic) bond motifs is 1. The zero-order chi connectivity index (χ0) is 19.6. The summed E-state index contributed by atoms with van der Waals surface area (Å²) in [5, 5.41) is 26.9. The van der Waals surface area contributed by atoms with Gasteiger partial charge in [0.15, 0.2) is 5.75 Å². The summed E-state index contributed by atoms with van der Waals surface area (Å²) in [7, 11) is 0. The fourth-order valence-electron chi connectivity index (χ4n) is 3.23. The number of phenolic OH excluding ortho intramolecular Hbond substituents is 1. The van der Waals surface area contributed by atoms with Gasteiger partial charge in [0.1, 0.15) is 17.8 Å². The Hall–Kier alpha value is -2.57. The van der Waals surface area contributed by atoms with E-state index >= 15 is 0 Å². The van der Waals surface area contributed by atoms with Crippen LogP contribution in [-0.2, 0) is 6.42 Å². The minimum atomic E-state index is -0.868. The van der Waals surface area contributed by atoms with Crippen molar-refractivity contribution in [2.45, 2.75) is 38.8 Å². The number of anilines is 1. The summed E-state index contributed by atoms with van der Waals surface area (Å²) in [5.74, 6) is 0.306. The van der Waals surface area contributed by atoms with Crippen LogP contribution < -0.4 is 15.4 Å². The Kier molecular flexibility index (Phi) is 5.39. The summed E-state index contributed by atoms with van der Waals surface area (Å²) in [5.41, 5.74) is 2.74. The Morgan fingerprint density at radius 1 is 1.26 bits per heavy atom. The highest BCUT2D eigenvalue weighted by molar-refractivity contribution is 5.66. The number of benzene rings is 2. The van der Waals surface area contributed by atoms with Crippen LogP contribution in [0.25, 0.3) is 0 Å². The number of aryl methyl sites for hydroxylation is 1. The third-order valence-corrected chi connectivity index (χ3v) is 4.67. The predicted molar refractivity (Wildman–Crippen MR) is 103 cm³/mol. The Balaban J connectivity index is 1.70. The van der Waals surface area contributed by atoms with E-state index in [9.17, 15) is 14.6 Å². The van der Waals surface area contributed by atoms with Crippen LogP contribution in [0.3, 0.4) is 0 Å². The lowest BCUT2D eigenvalue weighted by molar-refractivity contribution is 0.157. The van der Waals surface area contributed by atoms with Gasteiger partial charge in [-0.05, 0) is 56.5 Å². The second-order valence-corrected chi connectivity index (χ2v) is 7.50.